The molecule has 0 unspecified atom stereocenters. The van der Waals surface area contributed by atoms with Gasteiger partial charge in [-0.1, -0.05) is 24.6 Å². The van der Waals surface area contributed by atoms with Crippen LogP contribution in [0, 0.1) is 0 Å². The first-order valence-corrected chi connectivity index (χ1v) is 6.30. The van der Waals surface area contributed by atoms with Crippen molar-refractivity contribution in [1.29, 1.82) is 0 Å². The first-order chi connectivity index (χ1) is 8.36. The summed E-state index contributed by atoms with van der Waals surface area (Å²) in [5.74, 6) is 1.01. The zero-order chi connectivity index (χ0) is 11.7. The van der Waals surface area contributed by atoms with E-state index < -0.39 is 0 Å². The van der Waals surface area contributed by atoms with Gasteiger partial charge >= 0.3 is 0 Å². The summed E-state index contributed by atoms with van der Waals surface area (Å²) >= 11 is 0. The quantitative estimate of drug-likeness (QED) is 0.848. The molecule has 1 aliphatic rings. The van der Waals surface area contributed by atoms with Crippen molar-refractivity contribution < 1.29 is 4.42 Å². The van der Waals surface area contributed by atoms with Crippen LogP contribution in [0.3, 0.4) is 0 Å². The number of hydrogen-bond acceptors (Lipinski definition) is 3. The molecule has 3 heteroatoms. The molecular weight excluding hydrogens is 212 g/mol. The van der Waals surface area contributed by atoms with Gasteiger partial charge in [-0.25, -0.2) is 0 Å². The van der Waals surface area contributed by atoms with Crippen LogP contribution < -0.4 is 11.1 Å². The lowest BCUT2D eigenvalue weighted by Gasteiger charge is -2.25. The Morgan fingerprint density at radius 3 is 2.94 bits per heavy atom. The first kappa shape index (κ1) is 10.8. The van der Waals surface area contributed by atoms with Crippen molar-refractivity contribution in [2.75, 3.05) is 0 Å². The van der Waals surface area contributed by atoms with Gasteiger partial charge in [0.1, 0.15) is 11.3 Å². The van der Waals surface area contributed by atoms with Crippen molar-refractivity contribution >= 4 is 11.0 Å². The molecule has 1 aromatic carbocycles. The minimum absolute atomic E-state index is 0.528. The standard InChI is InChI=1S/C14H18N2O/c15-8-11-4-1-3-10-7-13(17-14(10)11)9-16-12-5-2-6-12/h1,3-4,7,12,16H,2,5-6,8-9,15H2. The number of nitrogens with one attached hydrogen (secondary N) is 1. The maximum absolute atomic E-state index is 5.87. The van der Waals surface area contributed by atoms with Crippen molar-refractivity contribution in [2.24, 2.45) is 5.73 Å². The second-order valence-electron chi connectivity index (χ2n) is 4.76. The van der Waals surface area contributed by atoms with Gasteiger partial charge in [-0.3, -0.25) is 0 Å². The third kappa shape index (κ3) is 2.08. The lowest BCUT2D eigenvalue weighted by molar-refractivity contribution is 0.327. The Labute approximate surface area is 101 Å². The largest absolute Gasteiger partial charge is 0.459 e. The van der Waals surface area contributed by atoms with Crippen LogP contribution in [0.15, 0.2) is 28.7 Å². The fourth-order valence-electron chi connectivity index (χ4n) is 2.28. The summed E-state index contributed by atoms with van der Waals surface area (Å²) < 4.78 is 5.87. The van der Waals surface area contributed by atoms with Crippen molar-refractivity contribution in [2.45, 2.75) is 38.4 Å². The molecule has 0 spiro atoms. The van der Waals surface area contributed by atoms with Crippen molar-refractivity contribution in [3.8, 4) is 0 Å². The summed E-state index contributed by atoms with van der Waals surface area (Å²) in [5.41, 5.74) is 7.73. The Balaban J connectivity index is 1.80. The van der Waals surface area contributed by atoms with Crippen LogP contribution in [-0.2, 0) is 13.1 Å². The highest BCUT2D eigenvalue weighted by molar-refractivity contribution is 5.81. The lowest BCUT2D eigenvalue weighted by Crippen LogP contribution is -2.34. The summed E-state index contributed by atoms with van der Waals surface area (Å²) in [6.45, 7) is 1.35. The van der Waals surface area contributed by atoms with E-state index in [4.69, 9.17) is 10.2 Å². The van der Waals surface area contributed by atoms with Crippen LogP contribution >= 0.6 is 0 Å². The molecule has 90 valence electrons. The number of hydrogen-bond donors (Lipinski definition) is 2. The van der Waals surface area contributed by atoms with E-state index in [-0.39, 0.29) is 0 Å². The monoisotopic (exact) mass is 230 g/mol. The minimum atomic E-state index is 0.528. The molecule has 0 radical (unpaired) electrons. The van der Waals surface area contributed by atoms with Crippen LogP contribution in [0.5, 0.6) is 0 Å². The fraction of sp³-hybridized carbons (Fsp3) is 0.429. The molecule has 0 aliphatic heterocycles. The van der Waals surface area contributed by atoms with Crippen LogP contribution in [0.1, 0.15) is 30.6 Å². The highest BCUT2D eigenvalue weighted by Gasteiger charge is 2.17. The average Bonchev–Trinajstić information content (AvgIpc) is 2.69. The third-order valence-corrected chi connectivity index (χ3v) is 3.57. The lowest BCUT2D eigenvalue weighted by atomic mass is 9.93. The molecule has 3 nitrogen and oxygen atoms in total. The van der Waals surface area contributed by atoms with Gasteiger partial charge in [-0.05, 0) is 18.9 Å². The van der Waals surface area contributed by atoms with E-state index in [2.05, 4.69) is 17.4 Å². The van der Waals surface area contributed by atoms with Crippen molar-refractivity contribution in [3.63, 3.8) is 0 Å². The van der Waals surface area contributed by atoms with E-state index in [0.717, 1.165) is 28.8 Å². The third-order valence-electron chi connectivity index (χ3n) is 3.57. The zero-order valence-corrected chi connectivity index (χ0v) is 9.91. The SMILES string of the molecule is NCc1cccc2cc(CNC3CCC3)oc12. The number of fused-ring (bicyclic) bond motifs is 1. The maximum Gasteiger partial charge on any atom is 0.138 e. The fourth-order valence-corrected chi connectivity index (χ4v) is 2.28. The van der Waals surface area contributed by atoms with Gasteiger partial charge in [0.25, 0.3) is 0 Å². The Morgan fingerprint density at radius 2 is 2.24 bits per heavy atom. The zero-order valence-electron chi connectivity index (χ0n) is 9.91. The molecule has 1 heterocycles. The summed E-state index contributed by atoms with van der Waals surface area (Å²) in [7, 11) is 0. The first-order valence-electron chi connectivity index (χ1n) is 6.30. The van der Waals surface area contributed by atoms with E-state index in [9.17, 15) is 0 Å². The molecule has 1 aliphatic carbocycles. The minimum Gasteiger partial charge on any atom is -0.459 e. The molecule has 1 fully saturated rings. The number of benzene rings is 1. The predicted molar refractivity (Wildman–Crippen MR) is 68.6 cm³/mol. The van der Waals surface area contributed by atoms with Gasteiger partial charge in [0.05, 0.1) is 6.54 Å². The second-order valence-corrected chi connectivity index (χ2v) is 4.76. The molecule has 17 heavy (non-hydrogen) atoms. The molecule has 0 bridgehead atoms. The van der Waals surface area contributed by atoms with E-state index in [1.165, 1.54) is 19.3 Å². The summed E-state index contributed by atoms with van der Waals surface area (Å²) in [5, 5.41) is 4.66. The van der Waals surface area contributed by atoms with Crippen LogP contribution in [0.25, 0.3) is 11.0 Å². The second kappa shape index (κ2) is 4.51. The molecule has 0 saturated heterocycles. The summed E-state index contributed by atoms with van der Waals surface area (Å²) in [4.78, 5) is 0. The van der Waals surface area contributed by atoms with Crippen LogP contribution in [0.4, 0.5) is 0 Å². The Bertz CT molecular complexity index is 514. The molecule has 0 amide bonds. The van der Waals surface area contributed by atoms with Crippen LogP contribution in [-0.4, -0.2) is 6.04 Å². The number of rotatable bonds is 4. The highest BCUT2D eigenvalue weighted by atomic mass is 16.3. The molecular formula is C14H18N2O. The maximum atomic E-state index is 5.87. The van der Waals surface area contributed by atoms with Crippen molar-refractivity contribution in [3.05, 3.63) is 35.6 Å². The molecule has 3 N–H and O–H groups in total. The molecule has 0 atom stereocenters. The molecule has 2 aromatic rings. The Morgan fingerprint density at radius 1 is 1.35 bits per heavy atom. The van der Waals surface area contributed by atoms with E-state index in [0.29, 0.717) is 12.6 Å². The van der Waals surface area contributed by atoms with Gasteiger partial charge in [-0.15, -0.1) is 0 Å². The van der Waals surface area contributed by atoms with Gasteiger partial charge in [0.15, 0.2) is 0 Å². The topological polar surface area (TPSA) is 51.2 Å². The van der Waals surface area contributed by atoms with E-state index >= 15 is 0 Å². The van der Waals surface area contributed by atoms with Gasteiger partial charge in [-0.2, -0.15) is 0 Å². The molecule has 1 aromatic heterocycles. The smallest absolute Gasteiger partial charge is 0.138 e. The van der Waals surface area contributed by atoms with Gasteiger partial charge in [0, 0.05) is 23.5 Å². The predicted octanol–water partition coefficient (Wildman–Crippen LogP) is 2.53. The highest BCUT2D eigenvalue weighted by Crippen LogP contribution is 2.24. The summed E-state index contributed by atoms with van der Waals surface area (Å²) in [6.07, 6.45) is 3.96. The number of furan rings is 1. The Hall–Kier alpha value is -1.32. The van der Waals surface area contributed by atoms with Crippen LogP contribution in [0.2, 0.25) is 0 Å². The van der Waals surface area contributed by atoms with E-state index in [1.54, 1.807) is 0 Å². The average molecular weight is 230 g/mol. The van der Waals surface area contributed by atoms with Gasteiger partial charge < -0.3 is 15.5 Å². The van der Waals surface area contributed by atoms with Gasteiger partial charge in [0.2, 0.25) is 0 Å². The normalized spacial score (nSPS) is 16.3. The summed E-state index contributed by atoms with van der Waals surface area (Å²) in [6, 6.07) is 8.93. The number of para-hydroxylation sites is 1. The molecule has 1 saturated carbocycles. The number of nitrogens with two attached hydrogens (primary N) is 1. The van der Waals surface area contributed by atoms with E-state index in [1.807, 2.05) is 12.1 Å². The van der Waals surface area contributed by atoms with Crippen molar-refractivity contribution in [1.82, 2.24) is 5.32 Å². The molecule has 3 rings (SSSR count). The Kier molecular flexibility index (Phi) is 2.87.